The zero-order chi connectivity index (χ0) is 10.8. The summed E-state index contributed by atoms with van der Waals surface area (Å²) < 4.78 is 6.84. The lowest BCUT2D eigenvalue weighted by molar-refractivity contribution is -0.146. The van der Waals surface area contributed by atoms with Crippen molar-refractivity contribution in [1.29, 1.82) is 0 Å². The second-order valence-electron chi connectivity index (χ2n) is 3.71. The van der Waals surface area contributed by atoms with Gasteiger partial charge in [0.1, 0.15) is 11.9 Å². The Hall–Kier alpha value is -1.36. The highest BCUT2D eigenvalue weighted by Crippen LogP contribution is 2.13. The van der Waals surface area contributed by atoms with Crippen LogP contribution in [-0.4, -0.2) is 40.1 Å². The third-order valence-corrected chi connectivity index (χ3v) is 2.86. The Morgan fingerprint density at radius 2 is 2.40 bits per heavy atom. The van der Waals surface area contributed by atoms with Crippen molar-refractivity contribution >= 4 is 5.97 Å². The van der Waals surface area contributed by atoms with Crippen LogP contribution in [0.15, 0.2) is 12.4 Å². The zero-order valence-electron chi connectivity index (χ0n) is 9.01. The van der Waals surface area contributed by atoms with Gasteiger partial charge in [-0.1, -0.05) is 0 Å². The molecule has 0 N–H and O–H groups in total. The van der Waals surface area contributed by atoms with E-state index in [9.17, 15) is 4.79 Å². The topological polar surface area (TPSA) is 47.4 Å². The number of aromatic nitrogens is 2. The minimum absolute atomic E-state index is 0.185. The Kier molecular flexibility index (Phi) is 2.73. The zero-order valence-corrected chi connectivity index (χ0v) is 9.01. The Morgan fingerprint density at radius 3 is 3.13 bits per heavy atom. The average molecular weight is 209 g/mol. The molecule has 1 aliphatic heterocycles. The third kappa shape index (κ3) is 1.87. The van der Waals surface area contributed by atoms with E-state index in [1.54, 1.807) is 6.20 Å². The van der Waals surface area contributed by atoms with Crippen molar-refractivity contribution in [2.24, 2.45) is 0 Å². The monoisotopic (exact) mass is 209 g/mol. The molecule has 0 saturated carbocycles. The van der Waals surface area contributed by atoms with Gasteiger partial charge in [0, 0.05) is 25.5 Å². The van der Waals surface area contributed by atoms with Gasteiger partial charge in [-0.3, -0.25) is 9.69 Å². The van der Waals surface area contributed by atoms with E-state index in [2.05, 4.69) is 14.5 Å². The predicted molar refractivity (Wildman–Crippen MR) is 54.1 cm³/mol. The van der Waals surface area contributed by atoms with Crippen LogP contribution in [-0.2, 0) is 22.6 Å². The van der Waals surface area contributed by atoms with Crippen LogP contribution in [0.5, 0.6) is 0 Å². The molecule has 1 atom stereocenters. The van der Waals surface area contributed by atoms with Gasteiger partial charge in [-0.05, 0) is 6.92 Å². The molecule has 0 amide bonds. The van der Waals surface area contributed by atoms with Crippen LogP contribution in [0.3, 0.4) is 0 Å². The predicted octanol–water partition coefficient (Wildman–Crippen LogP) is 0.260. The number of hydrogen-bond acceptors (Lipinski definition) is 4. The van der Waals surface area contributed by atoms with E-state index in [4.69, 9.17) is 4.74 Å². The number of imidazole rings is 1. The lowest BCUT2D eigenvalue weighted by Crippen LogP contribution is -2.44. The molecular weight excluding hydrogens is 194 g/mol. The van der Waals surface area contributed by atoms with Gasteiger partial charge in [-0.15, -0.1) is 0 Å². The van der Waals surface area contributed by atoms with Crippen LogP contribution in [0.25, 0.3) is 0 Å². The first-order valence-electron chi connectivity index (χ1n) is 5.04. The summed E-state index contributed by atoms with van der Waals surface area (Å²) in [5.41, 5.74) is 0. The highest BCUT2D eigenvalue weighted by atomic mass is 16.5. The Morgan fingerprint density at radius 1 is 1.60 bits per heavy atom. The maximum atomic E-state index is 11.4. The van der Waals surface area contributed by atoms with E-state index in [-0.39, 0.29) is 12.0 Å². The van der Waals surface area contributed by atoms with Crippen molar-refractivity contribution in [2.75, 3.05) is 13.7 Å². The van der Waals surface area contributed by atoms with Gasteiger partial charge >= 0.3 is 5.97 Å². The van der Waals surface area contributed by atoms with Gasteiger partial charge < -0.3 is 9.30 Å². The molecule has 0 radical (unpaired) electrons. The molecule has 82 valence electrons. The van der Waals surface area contributed by atoms with E-state index in [1.807, 2.05) is 13.1 Å². The molecule has 0 bridgehead atoms. The molecule has 1 aromatic rings. The smallest absolute Gasteiger partial charge is 0.322 e. The van der Waals surface area contributed by atoms with Crippen LogP contribution < -0.4 is 0 Å². The first kappa shape index (κ1) is 10.2. The van der Waals surface area contributed by atoms with Gasteiger partial charge in [-0.25, -0.2) is 4.98 Å². The maximum Gasteiger partial charge on any atom is 0.322 e. The van der Waals surface area contributed by atoms with Crippen LogP contribution >= 0.6 is 0 Å². The largest absolute Gasteiger partial charge is 0.468 e. The lowest BCUT2D eigenvalue weighted by Gasteiger charge is -2.30. The minimum Gasteiger partial charge on any atom is -0.468 e. The van der Waals surface area contributed by atoms with Gasteiger partial charge in [-0.2, -0.15) is 0 Å². The van der Waals surface area contributed by atoms with E-state index in [0.717, 1.165) is 18.9 Å². The second kappa shape index (κ2) is 4.02. The Balaban J connectivity index is 2.06. The number of carbonyl (C=O) groups excluding carboxylic acids is 1. The summed E-state index contributed by atoms with van der Waals surface area (Å²) in [6.07, 6.45) is 3.76. The average Bonchev–Trinajstić information content (AvgIpc) is 2.73. The summed E-state index contributed by atoms with van der Waals surface area (Å²) in [5, 5.41) is 0. The van der Waals surface area contributed by atoms with E-state index >= 15 is 0 Å². The highest BCUT2D eigenvalue weighted by molar-refractivity contribution is 5.75. The highest BCUT2D eigenvalue weighted by Gasteiger charge is 2.26. The van der Waals surface area contributed by atoms with Crippen molar-refractivity contribution in [1.82, 2.24) is 14.5 Å². The first-order valence-corrected chi connectivity index (χ1v) is 5.04. The van der Waals surface area contributed by atoms with Crippen molar-refractivity contribution in [3.63, 3.8) is 0 Å². The molecule has 1 unspecified atom stereocenters. The third-order valence-electron chi connectivity index (χ3n) is 2.86. The summed E-state index contributed by atoms with van der Waals surface area (Å²) in [7, 11) is 1.42. The van der Waals surface area contributed by atoms with Crippen molar-refractivity contribution in [3.05, 3.63) is 18.2 Å². The normalized spacial score (nSPS) is 18.3. The minimum atomic E-state index is -0.194. The number of fused-ring (bicyclic) bond motifs is 1. The molecule has 0 spiro atoms. The van der Waals surface area contributed by atoms with Crippen molar-refractivity contribution in [3.8, 4) is 0 Å². The molecule has 0 fully saturated rings. The van der Waals surface area contributed by atoms with Gasteiger partial charge in [0.15, 0.2) is 0 Å². The number of ether oxygens (including phenoxy) is 1. The number of methoxy groups -OCH3 is 1. The Bertz CT molecular complexity index is 361. The summed E-state index contributed by atoms with van der Waals surface area (Å²) in [5.74, 6) is 0.826. The summed E-state index contributed by atoms with van der Waals surface area (Å²) >= 11 is 0. The molecule has 2 rings (SSSR count). The molecule has 2 heterocycles. The van der Waals surface area contributed by atoms with Gasteiger partial charge in [0.05, 0.1) is 13.7 Å². The quantitative estimate of drug-likeness (QED) is 0.655. The fourth-order valence-electron chi connectivity index (χ4n) is 1.84. The summed E-state index contributed by atoms with van der Waals surface area (Å²) in [4.78, 5) is 17.7. The fourth-order valence-corrected chi connectivity index (χ4v) is 1.84. The van der Waals surface area contributed by atoms with Crippen LogP contribution in [0, 0.1) is 0 Å². The molecule has 5 heteroatoms. The van der Waals surface area contributed by atoms with E-state index in [0.29, 0.717) is 6.54 Å². The van der Waals surface area contributed by atoms with Gasteiger partial charge in [0.25, 0.3) is 0 Å². The van der Waals surface area contributed by atoms with Crippen LogP contribution in [0.2, 0.25) is 0 Å². The standard InChI is InChI=1S/C10H15N3O2/c1-8(10(14)15-2)13-6-5-12-4-3-11-9(12)7-13/h3-4,8H,5-7H2,1-2H3. The molecule has 1 aromatic heterocycles. The molecule has 0 saturated heterocycles. The van der Waals surface area contributed by atoms with E-state index < -0.39 is 0 Å². The Labute approximate surface area is 88.7 Å². The summed E-state index contributed by atoms with van der Waals surface area (Å²) in [6.45, 7) is 4.32. The van der Waals surface area contributed by atoms with Crippen LogP contribution in [0.4, 0.5) is 0 Å². The number of hydrogen-bond donors (Lipinski definition) is 0. The summed E-state index contributed by atoms with van der Waals surface area (Å²) in [6, 6.07) is -0.194. The number of carbonyl (C=O) groups is 1. The molecule has 15 heavy (non-hydrogen) atoms. The molecule has 0 aromatic carbocycles. The second-order valence-corrected chi connectivity index (χ2v) is 3.71. The van der Waals surface area contributed by atoms with Crippen molar-refractivity contribution in [2.45, 2.75) is 26.1 Å². The fraction of sp³-hybridized carbons (Fsp3) is 0.600. The first-order chi connectivity index (χ1) is 7.22. The molecule has 5 nitrogen and oxygen atoms in total. The number of rotatable bonds is 2. The van der Waals surface area contributed by atoms with Gasteiger partial charge in [0.2, 0.25) is 0 Å². The molecule has 1 aliphatic rings. The number of esters is 1. The van der Waals surface area contributed by atoms with Crippen LogP contribution in [0.1, 0.15) is 12.7 Å². The molecular formula is C10H15N3O2. The maximum absolute atomic E-state index is 11.4. The SMILES string of the molecule is COC(=O)C(C)N1CCn2ccnc2C1. The lowest BCUT2D eigenvalue weighted by atomic mass is 10.2. The molecule has 0 aliphatic carbocycles. The van der Waals surface area contributed by atoms with Crippen molar-refractivity contribution < 1.29 is 9.53 Å². The number of nitrogens with zero attached hydrogens (tertiary/aromatic N) is 3. The van der Waals surface area contributed by atoms with E-state index in [1.165, 1.54) is 7.11 Å².